The number of amides is 1. The largest absolute Gasteiger partial charge is 0.433 e. The highest BCUT2D eigenvalue weighted by molar-refractivity contribution is 6.04. The average Bonchev–Trinajstić information content (AvgIpc) is 2.88. The molecule has 0 radical (unpaired) electrons. The van der Waals surface area contributed by atoms with Gasteiger partial charge in [-0.2, -0.15) is 13.2 Å². The Morgan fingerprint density at radius 1 is 1.11 bits per heavy atom. The Kier molecular flexibility index (Phi) is 7.71. The molecule has 38 heavy (non-hydrogen) atoms. The molecule has 0 saturated carbocycles. The Morgan fingerprint density at radius 2 is 1.84 bits per heavy atom. The lowest BCUT2D eigenvalue weighted by molar-refractivity contribution is -0.141. The lowest BCUT2D eigenvalue weighted by Gasteiger charge is -2.28. The molecule has 1 saturated heterocycles. The number of aromatic nitrogens is 2. The number of alkyl halides is 3. The first-order valence-corrected chi connectivity index (χ1v) is 12.0. The summed E-state index contributed by atoms with van der Waals surface area (Å²) in [5.74, 6) is 6.15. The molecule has 0 unspecified atom stereocenters. The summed E-state index contributed by atoms with van der Waals surface area (Å²) in [7, 11) is 0. The molecular weight excluding hydrogens is 495 g/mol. The summed E-state index contributed by atoms with van der Waals surface area (Å²) >= 11 is 0. The number of carbonyl (C=O) groups excluding carboxylic acids is 1. The fraction of sp³-hybridized carbons (Fsp3) is 0.321. The molecule has 7 nitrogen and oxygen atoms in total. The standard InChI is InChI=1S/C28H28F3N5O2/c1-18-4-5-21(35-26(37)19-7-9-33-24(15-19)28(29,30)31)17-23(18)20-14-22(6-8-27(2,3)32)34-25(16-20)36-10-12-38-13-11-36/h4-5,7,9,14-17H,10-13,32H2,1-3H3,(H,35,37). The van der Waals surface area contributed by atoms with Crippen molar-refractivity contribution in [2.75, 3.05) is 36.5 Å². The summed E-state index contributed by atoms with van der Waals surface area (Å²) in [5, 5.41) is 2.69. The molecule has 1 amide bonds. The fourth-order valence-corrected chi connectivity index (χ4v) is 3.86. The summed E-state index contributed by atoms with van der Waals surface area (Å²) in [4.78, 5) is 22.9. The van der Waals surface area contributed by atoms with Gasteiger partial charge in [0.1, 0.15) is 17.2 Å². The van der Waals surface area contributed by atoms with Gasteiger partial charge in [0.25, 0.3) is 5.91 Å². The van der Waals surface area contributed by atoms with Crippen molar-refractivity contribution < 1.29 is 22.7 Å². The van der Waals surface area contributed by atoms with Gasteiger partial charge in [0, 0.05) is 30.5 Å². The second-order valence-corrected chi connectivity index (χ2v) is 9.58. The molecule has 3 heterocycles. The molecule has 1 fully saturated rings. The van der Waals surface area contributed by atoms with E-state index in [1.165, 1.54) is 6.07 Å². The van der Waals surface area contributed by atoms with E-state index in [1.807, 2.05) is 39.0 Å². The normalized spacial score (nSPS) is 14.0. The highest BCUT2D eigenvalue weighted by Crippen LogP contribution is 2.31. The minimum Gasteiger partial charge on any atom is -0.378 e. The van der Waals surface area contributed by atoms with E-state index in [0.29, 0.717) is 37.7 Å². The molecule has 1 aliphatic heterocycles. The molecule has 2 aromatic heterocycles. The van der Waals surface area contributed by atoms with Crippen molar-refractivity contribution in [2.45, 2.75) is 32.5 Å². The first kappa shape index (κ1) is 27.1. The van der Waals surface area contributed by atoms with E-state index in [9.17, 15) is 18.0 Å². The molecule has 1 aromatic carbocycles. The zero-order valence-corrected chi connectivity index (χ0v) is 21.3. The number of rotatable bonds is 4. The average molecular weight is 524 g/mol. The van der Waals surface area contributed by atoms with Gasteiger partial charge < -0.3 is 20.7 Å². The van der Waals surface area contributed by atoms with Gasteiger partial charge in [-0.15, -0.1) is 0 Å². The molecule has 10 heteroatoms. The third-order valence-corrected chi connectivity index (χ3v) is 5.78. The Morgan fingerprint density at radius 3 is 2.53 bits per heavy atom. The Balaban J connectivity index is 1.69. The zero-order chi connectivity index (χ0) is 27.5. The van der Waals surface area contributed by atoms with Crippen LogP contribution in [0.25, 0.3) is 11.1 Å². The van der Waals surface area contributed by atoms with E-state index in [1.54, 1.807) is 12.1 Å². The monoisotopic (exact) mass is 523 g/mol. The second-order valence-electron chi connectivity index (χ2n) is 9.58. The third-order valence-electron chi connectivity index (χ3n) is 5.78. The maximum atomic E-state index is 13.0. The molecular formula is C28H28F3N5O2. The number of hydrogen-bond donors (Lipinski definition) is 2. The van der Waals surface area contributed by atoms with E-state index in [-0.39, 0.29) is 5.56 Å². The number of nitrogens with two attached hydrogens (primary N) is 1. The highest BCUT2D eigenvalue weighted by Gasteiger charge is 2.33. The molecule has 1 aliphatic rings. The van der Waals surface area contributed by atoms with E-state index < -0.39 is 23.3 Å². The molecule has 0 atom stereocenters. The summed E-state index contributed by atoms with van der Waals surface area (Å²) in [5.41, 5.74) is 7.64. The predicted octanol–water partition coefficient (Wildman–Crippen LogP) is 4.65. The minimum absolute atomic E-state index is 0.144. The Bertz CT molecular complexity index is 1400. The zero-order valence-electron chi connectivity index (χ0n) is 21.3. The number of nitrogens with zero attached hydrogens (tertiary/aromatic N) is 3. The number of pyridine rings is 2. The molecule has 0 aliphatic carbocycles. The number of carbonyl (C=O) groups is 1. The smallest absolute Gasteiger partial charge is 0.378 e. The van der Waals surface area contributed by atoms with E-state index in [0.717, 1.165) is 34.8 Å². The summed E-state index contributed by atoms with van der Waals surface area (Å²) in [6, 6.07) is 11.1. The van der Waals surface area contributed by atoms with Crippen molar-refractivity contribution in [2.24, 2.45) is 5.73 Å². The van der Waals surface area contributed by atoms with Crippen LogP contribution in [0.2, 0.25) is 0 Å². The van der Waals surface area contributed by atoms with Gasteiger partial charge in [0.05, 0.1) is 18.8 Å². The molecule has 0 spiro atoms. The van der Waals surface area contributed by atoms with Crippen molar-refractivity contribution in [1.82, 2.24) is 9.97 Å². The lowest BCUT2D eigenvalue weighted by Crippen LogP contribution is -2.36. The molecule has 0 bridgehead atoms. The van der Waals surface area contributed by atoms with Crippen LogP contribution >= 0.6 is 0 Å². The van der Waals surface area contributed by atoms with Gasteiger partial charge in [-0.05, 0) is 79.8 Å². The SMILES string of the molecule is Cc1ccc(NC(=O)c2ccnc(C(F)(F)F)c2)cc1-c1cc(C#CC(C)(C)N)nc(N2CCOCC2)c1. The van der Waals surface area contributed by atoms with Crippen LogP contribution in [0.5, 0.6) is 0 Å². The van der Waals surface area contributed by atoms with Crippen molar-refractivity contribution in [3.05, 3.63) is 71.2 Å². The summed E-state index contributed by atoms with van der Waals surface area (Å²) in [6.45, 7) is 8.11. The van der Waals surface area contributed by atoms with Crippen molar-refractivity contribution in [3.8, 4) is 23.0 Å². The van der Waals surface area contributed by atoms with Crippen LogP contribution in [0.1, 0.15) is 41.2 Å². The van der Waals surface area contributed by atoms with Crippen LogP contribution in [0.4, 0.5) is 24.7 Å². The van der Waals surface area contributed by atoms with E-state index in [2.05, 4.69) is 27.0 Å². The van der Waals surface area contributed by atoms with Gasteiger partial charge in [-0.1, -0.05) is 12.0 Å². The minimum atomic E-state index is -4.65. The number of anilines is 2. The number of hydrogen-bond acceptors (Lipinski definition) is 6. The topological polar surface area (TPSA) is 93.4 Å². The highest BCUT2D eigenvalue weighted by atomic mass is 19.4. The lowest BCUT2D eigenvalue weighted by atomic mass is 9.99. The number of ether oxygens (including phenoxy) is 1. The van der Waals surface area contributed by atoms with Crippen molar-refractivity contribution >= 4 is 17.4 Å². The van der Waals surface area contributed by atoms with Gasteiger partial charge in [0.15, 0.2) is 0 Å². The van der Waals surface area contributed by atoms with Gasteiger partial charge >= 0.3 is 6.18 Å². The van der Waals surface area contributed by atoms with Crippen LogP contribution in [0, 0.1) is 18.8 Å². The van der Waals surface area contributed by atoms with Crippen LogP contribution < -0.4 is 16.0 Å². The molecule has 3 aromatic rings. The number of nitrogens with one attached hydrogen (secondary N) is 1. The Labute approximate surface area is 219 Å². The van der Waals surface area contributed by atoms with Gasteiger partial charge in [-0.3, -0.25) is 9.78 Å². The number of aryl methyl sites for hydroxylation is 1. The van der Waals surface area contributed by atoms with Crippen LogP contribution in [0.3, 0.4) is 0 Å². The maximum Gasteiger partial charge on any atom is 0.433 e. The summed E-state index contributed by atoms with van der Waals surface area (Å²) in [6.07, 6.45) is -3.68. The molecule has 3 N–H and O–H groups in total. The van der Waals surface area contributed by atoms with E-state index >= 15 is 0 Å². The van der Waals surface area contributed by atoms with Crippen LogP contribution in [-0.4, -0.2) is 47.7 Å². The van der Waals surface area contributed by atoms with Gasteiger partial charge in [0.2, 0.25) is 0 Å². The molecule has 198 valence electrons. The molecule has 4 rings (SSSR count). The van der Waals surface area contributed by atoms with Crippen LogP contribution in [-0.2, 0) is 10.9 Å². The Hall–Kier alpha value is -3.94. The van der Waals surface area contributed by atoms with Crippen molar-refractivity contribution in [1.29, 1.82) is 0 Å². The van der Waals surface area contributed by atoms with Crippen LogP contribution in [0.15, 0.2) is 48.7 Å². The summed E-state index contributed by atoms with van der Waals surface area (Å²) < 4.78 is 44.6. The number of morpholine rings is 1. The first-order valence-electron chi connectivity index (χ1n) is 12.0. The predicted molar refractivity (Wildman–Crippen MR) is 140 cm³/mol. The van der Waals surface area contributed by atoms with E-state index in [4.69, 9.17) is 15.5 Å². The second kappa shape index (κ2) is 10.8. The maximum absolute atomic E-state index is 13.0. The van der Waals surface area contributed by atoms with Gasteiger partial charge in [-0.25, -0.2) is 4.98 Å². The fourth-order valence-electron chi connectivity index (χ4n) is 3.86. The van der Waals surface area contributed by atoms with Crippen molar-refractivity contribution in [3.63, 3.8) is 0 Å². The third kappa shape index (κ3) is 6.88. The number of halogens is 3. The number of benzene rings is 1. The quantitative estimate of drug-likeness (QED) is 0.484. The first-order chi connectivity index (χ1) is 17.9.